The predicted molar refractivity (Wildman–Crippen MR) is 80.7 cm³/mol. The number of guanidine groups is 1. The van der Waals surface area contributed by atoms with E-state index in [2.05, 4.69) is 35.5 Å². The van der Waals surface area contributed by atoms with Crippen molar-refractivity contribution < 1.29 is 4.74 Å². The normalized spacial score (nSPS) is 11.5. The highest BCUT2D eigenvalue weighted by Crippen LogP contribution is 2.17. The van der Waals surface area contributed by atoms with E-state index >= 15 is 0 Å². The van der Waals surface area contributed by atoms with E-state index in [9.17, 15) is 0 Å². The Hall–Kier alpha value is -1.71. The van der Waals surface area contributed by atoms with Gasteiger partial charge in [-0.05, 0) is 18.9 Å². The van der Waals surface area contributed by atoms with Crippen molar-refractivity contribution in [1.82, 2.24) is 10.6 Å². The first-order valence-corrected chi connectivity index (χ1v) is 6.82. The van der Waals surface area contributed by atoms with Crippen molar-refractivity contribution in [2.45, 2.75) is 27.3 Å². The zero-order valence-electron chi connectivity index (χ0n) is 12.4. The topological polar surface area (TPSA) is 45.6 Å². The third-order valence-electron chi connectivity index (χ3n) is 2.62. The molecule has 0 aliphatic carbocycles. The van der Waals surface area contributed by atoms with Crippen LogP contribution in [0.1, 0.15) is 26.3 Å². The van der Waals surface area contributed by atoms with Crippen molar-refractivity contribution in [3.63, 3.8) is 0 Å². The molecule has 2 N–H and O–H groups in total. The van der Waals surface area contributed by atoms with Gasteiger partial charge in [-0.25, -0.2) is 0 Å². The molecular formula is C15H25N3O. The van der Waals surface area contributed by atoms with Gasteiger partial charge in [-0.2, -0.15) is 0 Å². The Kier molecular flexibility index (Phi) is 6.79. The second-order valence-electron chi connectivity index (χ2n) is 4.74. The van der Waals surface area contributed by atoms with Crippen LogP contribution in [0, 0.1) is 5.92 Å². The minimum atomic E-state index is 0.592. The summed E-state index contributed by atoms with van der Waals surface area (Å²) in [6.07, 6.45) is 0. The summed E-state index contributed by atoms with van der Waals surface area (Å²) in [6.45, 7) is 8.63. The van der Waals surface area contributed by atoms with Gasteiger partial charge >= 0.3 is 0 Å². The third kappa shape index (κ3) is 5.64. The second-order valence-corrected chi connectivity index (χ2v) is 4.74. The molecule has 0 aromatic heterocycles. The Morgan fingerprint density at radius 1 is 1.26 bits per heavy atom. The fourth-order valence-corrected chi connectivity index (χ4v) is 1.65. The first-order valence-electron chi connectivity index (χ1n) is 6.82. The van der Waals surface area contributed by atoms with Crippen molar-refractivity contribution in [2.75, 3.05) is 20.2 Å². The molecule has 1 aromatic carbocycles. The van der Waals surface area contributed by atoms with E-state index in [4.69, 9.17) is 4.74 Å². The maximum absolute atomic E-state index is 5.60. The lowest BCUT2D eigenvalue weighted by atomic mass is 10.2. The molecule has 1 rings (SSSR count). The molecule has 19 heavy (non-hydrogen) atoms. The van der Waals surface area contributed by atoms with Crippen LogP contribution in [-0.2, 0) is 6.54 Å². The summed E-state index contributed by atoms with van der Waals surface area (Å²) < 4.78 is 5.60. The largest absolute Gasteiger partial charge is 0.494 e. The van der Waals surface area contributed by atoms with Crippen LogP contribution in [0.15, 0.2) is 29.3 Å². The van der Waals surface area contributed by atoms with Crippen molar-refractivity contribution in [3.05, 3.63) is 29.8 Å². The molecule has 0 aliphatic heterocycles. The third-order valence-corrected chi connectivity index (χ3v) is 2.62. The van der Waals surface area contributed by atoms with Gasteiger partial charge in [0.2, 0.25) is 0 Å². The highest BCUT2D eigenvalue weighted by molar-refractivity contribution is 5.79. The molecule has 0 heterocycles. The van der Waals surface area contributed by atoms with Crippen LogP contribution in [0.25, 0.3) is 0 Å². The van der Waals surface area contributed by atoms with Crippen molar-refractivity contribution in [2.24, 2.45) is 10.9 Å². The lowest BCUT2D eigenvalue weighted by Gasteiger charge is -2.15. The van der Waals surface area contributed by atoms with Gasteiger partial charge in [0.05, 0.1) is 6.61 Å². The van der Waals surface area contributed by atoms with Gasteiger partial charge in [-0.3, -0.25) is 4.99 Å². The predicted octanol–water partition coefficient (Wildman–Crippen LogP) is 2.41. The maximum atomic E-state index is 5.60. The summed E-state index contributed by atoms with van der Waals surface area (Å²) in [5.41, 5.74) is 1.14. The van der Waals surface area contributed by atoms with E-state index in [0.717, 1.165) is 23.8 Å². The second kappa shape index (κ2) is 8.40. The molecule has 0 unspecified atom stereocenters. The van der Waals surface area contributed by atoms with Gasteiger partial charge in [-0.1, -0.05) is 32.0 Å². The number of ether oxygens (including phenoxy) is 1. The average molecular weight is 263 g/mol. The van der Waals surface area contributed by atoms with Crippen LogP contribution in [-0.4, -0.2) is 26.2 Å². The minimum Gasteiger partial charge on any atom is -0.494 e. The maximum Gasteiger partial charge on any atom is 0.191 e. The van der Waals surface area contributed by atoms with Crippen LogP contribution in [0.5, 0.6) is 5.75 Å². The molecule has 0 fully saturated rings. The number of nitrogens with zero attached hydrogens (tertiary/aromatic N) is 1. The SMILES string of the molecule is CCOc1ccccc1CNC(=NC)NCC(C)C. The van der Waals surface area contributed by atoms with E-state index in [-0.39, 0.29) is 0 Å². The fourth-order valence-electron chi connectivity index (χ4n) is 1.65. The van der Waals surface area contributed by atoms with Gasteiger partial charge < -0.3 is 15.4 Å². The van der Waals surface area contributed by atoms with Gasteiger partial charge in [0, 0.05) is 25.7 Å². The van der Waals surface area contributed by atoms with E-state index in [0.29, 0.717) is 19.1 Å². The molecule has 0 bridgehead atoms. The van der Waals surface area contributed by atoms with Crippen molar-refractivity contribution in [1.29, 1.82) is 0 Å². The molecule has 0 atom stereocenters. The van der Waals surface area contributed by atoms with Crippen molar-refractivity contribution >= 4 is 5.96 Å². The lowest BCUT2D eigenvalue weighted by Crippen LogP contribution is -2.38. The number of rotatable bonds is 6. The van der Waals surface area contributed by atoms with E-state index < -0.39 is 0 Å². The van der Waals surface area contributed by atoms with E-state index in [1.165, 1.54) is 0 Å². The molecule has 1 aromatic rings. The molecule has 0 saturated heterocycles. The van der Waals surface area contributed by atoms with Crippen molar-refractivity contribution in [3.8, 4) is 5.75 Å². The lowest BCUT2D eigenvalue weighted by molar-refractivity contribution is 0.336. The van der Waals surface area contributed by atoms with Crippen LogP contribution in [0.2, 0.25) is 0 Å². The summed E-state index contributed by atoms with van der Waals surface area (Å²) in [6, 6.07) is 8.06. The summed E-state index contributed by atoms with van der Waals surface area (Å²) in [7, 11) is 1.78. The smallest absolute Gasteiger partial charge is 0.191 e. The standard InChI is InChI=1S/C15H25N3O/c1-5-19-14-9-7-6-8-13(14)11-18-15(16-4)17-10-12(2)3/h6-9,12H,5,10-11H2,1-4H3,(H2,16,17,18). The van der Waals surface area contributed by atoms with Crippen LogP contribution >= 0.6 is 0 Å². The Morgan fingerprint density at radius 2 is 2.00 bits per heavy atom. The Balaban J connectivity index is 2.55. The van der Waals surface area contributed by atoms with Gasteiger partial charge in [0.1, 0.15) is 5.75 Å². The molecule has 0 aliphatic rings. The molecule has 106 valence electrons. The molecule has 0 radical (unpaired) electrons. The first-order chi connectivity index (χ1) is 9.17. The van der Waals surface area contributed by atoms with Crippen LogP contribution < -0.4 is 15.4 Å². The summed E-state index contributed by atoms with van der Waals surface area (Å²) in [4.78, 5) is 4.20. The molecule has 0 spiro atoms. The molecule has 0 amide bonds. The highest BCUT2D eigenvalue weighted by atomic mass is 16.5. The van der Waals surface area contributed by atoms with Gasteiger partial charge in [0.25, 0.3) is 0 Å². The van der Waals surface area contributed by atoms with E-state index in [1.807, 2.05) is 25.1 Å². The zero-order valence-corrected chi connectivity index (χ0v) is 12.4. The van der Waals surface area contributed by atoms with E-state index in [1.54, 1.807) is 7.05 Å². The minimum absolute atomic E-state index is 0.592. The zero-order chi connectivity index (χ0) is 14.1. The number of para-hydroxylation sites is 1. The molecule has 0 saturated carbocycles. The van der Waals surface area contributed by atoms with Gasteiger partial charge in [0.15, 0.2) is 5.96 Å². The number of hydrogen-bond donors (Lipinski definition) is 2. The Morgan fingerprint density at radius 3 is 2.63 bits per heavy atom. The fraction of sp³-hybridized carbons (Fsp3) is 0.533. The summed E-state index contributed by atoms with van der Waals surface area (Å²) in [5.74, 6) is 2.34. The first kappa shape index (κ1) is 15.3. The van der Waals surface area contributed by atoms with Crippen LogP contribution in [0.3, 0.4) is 0 Å². The Labute approximate surface area is 116 Å². The quantitative estimate of drug-likeness (QED) is 0.612. The number of nitrogens with one attached hydrogen (secondary N) is 2. The summed E-state index contributed by atoms with van der Waals surface area (Å²) in [5, 5.41) is 6.59. The molecule has 4 heteroatoms. The number of benzene rings is 1. The molecule has 4 nitrogen and oxygen atoms in total. The average Bonchev–Trinajstić information content (AvgIpc) is 2.40. The highest BCUT2D eigenvalue weighted by Gasteiger charge is 2.04. The monoisotopic (exact) mass is 263 g/mol. The Bertz CT molecular complexity index is 402. The number of hydrogen-bond acceptors (Lipinski definition) is 2. The number of aliphatic imine (C=N–C) groups is 1. The van der Waals surface area contributed by atoms with Crippen LogP contribution in [0.4, 0.5) is 0 Å². The summed E-state index contributed by atoms with van der Waals surface area (Å²) >= 11 is 0. The molecular weight excluding hydrogens is 238 g/mol. The van der Waals surface area contributed by atoms with Gasteiger partial charge in [-0.15, -0.1) is 0 Å².